The summed E-state index contributed by atoms with van der Waals surface area (Å²) >= 11 is 6.12. The average molecular weight is 462 g/mol. The van der Waals surface area contributed by atoms with Crippen molar-refractivity contribution in [2.45, 2.75) is 45.2 Å². The lowest BCUT2D eigenvalue weighted by molar-refractivity contribution is -0.120. The van der Waals surface area contributed by atoms with Crippen molar-refractivity contribution in [1.82, 2.24) is 24.7 Å². The van der Waals surface area contributed by atoms with E-state index >= 15 is 0 Å². The van der Waals surface area contributed by atoms with Gasteiger partial charge in [-0.05, 0) is 57.9 Å². The maximum absolute atomic E-state index is 11.1. The topological polar surface area (TPSA) is 81.4 Å². The highest BCUT2D eigenvalue weighted by molar-refractivity contribution is 6.31. The van der Waals surface area contributed by atoms with Crippen LogP contribution in [0.3, 0.4) is 0 Å². The molecule has 0 atom stereocenters. The van der Waals surface area contributed by atoms with Gasteiger partial charge in [-0.15, -0.1) is 0 Å². The second-order valence-corrected chi connectivity index (χ2v) is 10.1. The first-order valence-corrected chi connectivity index (χ1v) is 11.1. The molecule has 4 aromatic rings. The first-order valence-electron chi connectivity index (χ1n) is 10.7. The van der Waals surface area contributed by atoms with Gasteiger partial charge in [-0.25, -0.2) is 9.97 Å². The molecule has 5 rings (SSSR count). The number of hydrogen-bond donors (Lipinski definition) is 1. The third-order valence-corrected chi connectivity index (χ3v) is 5.89. The predicted molar refractivity (Wildman–Crippen MR) is 129 cm³/mol. The molecule has 1 aliphatic rings. The van der Waals surface area contributed by atoms with Gasteiger partial charge in [0.2, 0.25) is 5.78 Å². The van der Waals surface area contributed by atoms with Crippen LogP contribution in [0.4, 0.5) is 0 Å². The zero-order valence-corrected chi connectivity index (χ0v) is 19.6. The van der Waals surface area contributed by atoms with Gasteiger partial charge in [0.15, 0.2) is 0 Å². The van der Waals surface area contributed by atoms with Crippen LogP contribution in [0.25, 0.3) is 33.5 Å². The molecule has 0 saturated carbocycles. The Morgan fingerprint density at radius 2 is 1.94 bits per heavy atom. The van der Waals surface area contributed by atoms with E-state index < -0.39 is 0 Å². The van der Waals surface area contributed by atoms with Crippen LogP contribution in [0.5, 0.6) is 5.75 Å². The van der Waals surface area contributed by atoms with Crippen LogP contribution in [0.2, 0.25) is 5.02 Å². The molecule has 0 radical (unpaired) electrons. The van der Waals surface area contributed by atoms with E-state index in [0.29, 0.717) is 39.8 Å². The number of imidazole rings is 1. The van der Waals surface area contributed by atoms with Crippen LogP contribution < -0.4 is 10.1 Å². The van der Waals surface area contributed by atoms with Crippen molar-refractivity contribution in [3.05, 3.63) is 59.6 Å². The summed E-state index contributed by atoms with van der Waals surface area (Å²) in [4.78, 5) is 25.0. The number of nitrogens with one attached hydrogen (secondary N) is 1. The Hall–Kier alpha value is -3.29. The number of ether oxygens (including phenoxy) is 1. The molecule has 1 aromatic carbocycles. The lowest BCUT2D eigenvalue weighted by Crippen LogP contribution is -2.53. The third-order valence-electron chi connectivity index (χ3n) is 5.68. The molecule has 0 amide bonds. The molecule has 33 heavy (non-hydrogen) atoms. The van der Waals surface area contributed by atoms with Crippen LogP contribution in [-0.2, 0) is 4.79 Å². The minimum Gasteiger partial charge on any atom is -0.428 e. The van der Waals surface area contributed by atoms with Gasteiger partial charge in [-0.1, -0.05) is 17.7 Å². The van der Waals surface area contributed by atoms with E-state index in [1.165, 1.54) is 5.57 Å². The lowest BCUT2D eigenvalue weighted by Gasteiger charge is -2.41. The van der Waals surface area contributed by atoms with Gasteiger partial charge in [0.05, 0.1) is 21.9 Å². The SMILES string of the molecule is CC1(C)C=C(c2ccn3cc(-c4cc5cc(Cl)cnc5cc4OC=O)nc3n2)CC(C)(C)N1. The van der Waals surface area contributed by atoms with Crippen LogP contribution in [0.15, 0.2) is 48.9 Å². The normalized spacial score (nSPS) is 17.2. The average Bonchev–Trinajstić information content (AvgIpc) is 3.14. The summed E-state index contributed by atoms with van der Waals surface area (Å²) in [5, 5.41) is 5.00. The summed E-state index contributed by atoms with van der Waals surface area (Å²) in [6, 6.07) is 7.41. The number of hydrogen-bond acceptors (Lipinski definition) is 6. The van der Waals surface area contributed by atoms with Gasteiger partial charge >= 0.3 is 0 Å². The molecule has 4 heterocycles. The summed E-state index contributed by atoms with van der Waals surface area (Å²) in [7, 11) is 0. The molecular formula is C25H24ClN5O2. The Morgan fingerprint density at radius 3 is 2.70 bits per heavy atom. The Kier molecular flexibility index (Phi) is 4.99. The number of nitrogens with zero attached hydrogens (tertiary/aromatic N) is 4. The second kappa shape index (κ2) is 7.64. The van der Waals surface area contributed by atoms with Gasteiger partial charge in [0.1, 0.15) is 5.75 Å². The van der Waals surface area contributed by atoms with E-state index in [1.807, 2.05) is 35.0 Å². The van der Waals surface area contributed by atoms with E-state index in [9.17, 15) is 4.79 Å². The van der Waals surface area contributed by atoms with Gasteiger partial charge < -0.3 is 10.1 Å². The number of fused-ring (bicyclic) bond motifs is 2. The summed E-state index contributed by atoms with van der Waals surface area (Å²) in [6.07, 6.45) is 8.48. The van der Waals surface area contributed by atoms with E-state index in [1.54, 1.807) is 12.3 Å². The molecule has 1 aliphatic heterocycles. The second-order valence-electron chi connectivity index (χ2n) is 9.63. The molecule has 8 heteroatoms. The molecule has 168 valence electrons. The van der Waals surface area contributed by atoms with Gasteiger partial charge in [0.25, 0.3) is 6.47 Å². The third kappa shape index (κ3) is 4.21. The van der Waals surface area contributed by atoms with E-state index in [0.717, 1.165) is 17.5 Å². The monoisotopic (exact) mass is 461 g/mol. The Labute approximate surface area is 196 Å². The first-order chi connectivity index (χ1) is 15.6. The van der Waals surface area contributed by atoms with Crippen LogP contribution in [0, 0.1) is 0 Å². The van der Waals surface area contributed by atoms with Crippen LogP contribution in [-0.4, -0.2) is 36.9 Å². The fraction of sp³-hybridized carbons (Fsp3) is 0.280. The fourth-order valence-electron chi connectivity index (χ4n) is 4.74. The standard InChI is InChI=1S/C25H24ClN5O2/c1-24(2)10-16(11-25(3,4)30-24)19-5-6-31-13-21(29-23(31)28-19)18-8-15-7-17(26)12-27-20(15)9-22(18)33-14-32/h5-10,12-14,30H,11H2,1-4H3. The Balaban J connectivity index is 1.61. The molecule has 0 bridgehead atoms. The van der Waals surface area contributed by atoms with Crippen molar-refractivity contribution in [2.24, 2.45) is 0 Å². The number of carbonyl (C=O) groups excluding carboxylic acids is 1. The van der Waals surface area contributed by atoms with E-state index in [2.05, 4.69) is 44.1 Å². The molecule has 1 N–H and O–H groups in total. The highest BCUT2D eigenvalue weighted by Crippen LogP contribution is 2.35. The maximum atomic E-state index is 11.1. The zero-order valence-electron chi connectivity index (χ0n) is 18.9. The first kappa shape index (κ1) is 21.6. The van der Waals surface area contributed by atoms with Crippen LogP contribution >= 0.6 is 11.6 Å². The Morgan fingerprint density at radius 1 is 1.15 bits per heavy atom. The van der Waals surface area contributed by atoms with Gasteiger partial charge in [-0.3, -0.25) is 14.2 Å². The lowest BCUT2D eigenvalue weighted by atomic mass is 9.82. The fourth-order valence-corrected chi connectivity index (χ4v) is 4.91. The number of rotatable bonds is 4. The van der Waals surface area contributed by atoms with E-state index in [4.69, 9.17) is 26.3 Å². The molecule has 0 unspecified atom stereocenters. The zero-order chi connectivity index (χ0) is 23.4. The van der Waals surface area contributed by atoms with Crippen molar-refractivity contribution >= 4 is 40.3 Å². The van der Waals surface area contributed by atoms with Crippen molar-refractivity contribution in [1.29, 1.82) is 0 Å². The molecule has 3 aromatic heterocycles. The van der Waals surface area contributed by atoms with E-state index in [-0.39, 0.29) is 11.1 Å². The number of aromatic nitrogens is 4. The van der Waals surface area contributed by atoms with Crippen molar-refractivity contribution in [2.75, 3.05) is 0 Å². The molecule has 0 aliphatic carbocycles. The summed E-state index contributed by atoms with van der Waals surface area (Å²) in [5.41, 5.74) is 3.89. The maximum Gasteiger partial charge on any atom is 0.298 e. The predicted octanol–water partition coefficient (Wildman–Crippen LogP) is 5.07. The van der Waals surface area contributed by atoms with Crippen LogP contribution in [0.1, 0.15) is 39.8 Å². The Bertz CT molecular complexity index is 1440. The minimum atomic E-state index is -0.132. The van der Waals surface area contributed by atoms with Gasteiger partial charge in [-0.2, -0.15) is 0 Å². The summed E-state index contributed by atoms with van der Waals surface area (Å²) in [5.74, 6) is 0.944. The summed E-state index contributed by atoms with van der Waals surface area (Å²) in [6.45, 7) is 9.12. The van der Waals surface area contributed by atoms with Crippen molar-refractivity contribution < 1.29 is 9.53 Å². The van der Waals surface area contributed by atoms with Crippen molar-refractivity contribution in [3.8, 4) is 17.0 Å². The molecular weight excluding hydrogens is 438 g/mol. The number of benzene rings is 1. The highest BCUT2D eigenvalue weighted by atomic mass is 35.5. The quantitative estimate of drug-likeness (QED) is 0.427. The summed E-state index contributed by atoms with van der Waals surface area (Å²) < 4.78 is 7.11. The molecule has 0 spiro atoms. The highest BCUT2D eigenvalue weighted by Gasteiger charge is 2.33. The number of halogens is 1. The number of pyridine rings is 1. The van der Waals surface area contributed by atoms with Gasteiger partial charge in [0, 0.05) is 46.7 Å². The number of carbonyl (C=O) groups is 1. The minimum absolute atomic E-state index is 0.0382. The largest absolute Gasteiger partial charge is 0.428 e. The van der Waals surface area contributed by atoms with Crippen molar-refractivity contribution in [3.63, 3.8) is 0 Å². The molecule has 7 nitrogen and oxygen atoms in total. The smallest absolute Gasteiger partial charge is 0.298 e. The molecule has 0 saturated heterocycles. The molecule has 0 fully saturated rings.